The molecule has 2 heterocycles. The highest BCUT2D eigenvalue weighted by Gasteiger charge is 2.27. The van der Waals surface area contributed by atoms with Gasteiger partial charge in [-0.2, -0.15) is 0 Å². The predicted molar refractivity (Wildman–Crippen MR) is 100 cm³/mol. The summed E-state index contributed by atoms with van der Waals surface area (Å²) in [6, 6.07) is 8.22. The smallest absolute Gasteiger partial charge is 0.225 e. The number of nitrogens with one attached hydrogen (secondary N) is 1. The number of carbonyl (C=O) groups excluding carboxylic acids is 1. The second kappa shape index (κ2) is 8.25. The summed E-state index contributed by atoms with van der Waals surface area (Å²) in [5.41, 5.74) is 0.774. The molecule has 1 aliphatic heterocycles. The van der Waals surface area contributed by atoms with Gasteiger partial charge in [0.1, 0.15) is 11.6 Å². The minimum Gasteiger partial charge on any atom is -0.356 e. The zero-order chi connectivity index (χ0) is 18.5. The molecule has 0 bridgehead atoms. The van der Waals surface area contributed by atoms with E-state index in [4.69, 9.17) is 0 Å². The SMILES string of the molecule is CC[C@@H](C)NC(=O)[C@@H]1CCCN(c2ccnc(-c3ccc(F)cc3)n2)C1. The largest absolute Gasteiger partial charge is 0.356 e. The molecule has 0 aliphatic carbocycles. The van der Waals surface area contributed by atoms with Crippen LogP contribution in [0.2, 0.25) is 0 Å². The number of anilines is 1. The van der Waals surface area contributed by atoms with Gasteiger partial charge in [-0.25, -0.2) is 14.4 Å². The first-order valence-corrected chi connectivity index (χ1v) is 9.21. The molecule has 1 fully saturated rings. The van der Waals surface area contributed by atoms with Crippen molar-refractivity contribution in [2.24, 2.45) is 5.92 Å². The summed E-state index contributed by atoms with van der Waals surface area (Å²) in [5.74, 6) is 1.18. The molecule has 2 atom stereocenters. The number of hydrogen-bond donors (Lipinski definition) is 1. The van der Waals surface area contributed by atoms with Crippen LogP contribution in [-0.2, 0) is 4.79 Å². The van der Waals surface area contributed by atoms with Gasteiger partial charge in [0.25, 0.3) is 0 Å². The number of benzene rings is 1. The van der Waals surface area contributed by atoms with Gasteiger partial charge in [0, 0.05) is 30.9 Å². The number of piperidine rings is 1. The minimum absolute atomic E-state index is 0.0259. The molecule has 0 radical (unpaired) electrons. The Morgan fingerprint density at radius 1 is 1.35 bits per heavy atom. The van der Waals surface area contributed by atoms with Crippen LogP contribution in [0.15, 0.2) is 36.5 Å². The quantitative estimate of drug-likeness (QED) is 0.892. The molecule has 0 unspecified atom stereocenters. The van der Waals surface area contributed by atoms with Crippen molar-refractivity contribution in [3.8, 4) is 11.4 Å². The van der Waals surface area contributed by atoms with E-state index in [1.165, 1.54) is 12.1 Å². The van der Waals surface area contributed by atoms with Gasteiger partial charge < -0.3 is 10.2 Å². The molecule has 0 saturated carbocycles. The lowest BCUT2D eigenvalue weighted by molar-refractivity contribution is -0.125. The van der Waals surface area contributed by atoms with Gasteiger partial charge in [-0.1, -0.05) is 6.92 Å². The third-order valence-corrected chi connectivity index (χ3v) is 4.86. The van der Waals surface area contributed by atoms with Gasteiger partial charge >= 0.3 is 0 Å². The third-order valence-electron chi connectivity index (χ3n) is 4.86. The normalized spacial score (nSPS) is 18.4. The maximum atomic E-state index is 13.1. The zero-order valence-corrected chi connectivity index (χ0v) is 15.3. The van der Waals surface area contributed by atoms with Crippen molar-refractivity contribution in [1.29, 1.82) is 0 Å². The van der Waals surface area contributed by atoms with Crippen LogP contribution < -0.4 is 10.2 Å². The van der Waals surface area contributed by atoms with Crippen molar-refractivity contribution in [1.82, 2.24) is 15.3 Å². The van der Waals surface area contributed by atoms with Crippen LogP contribution in [0.4, 0.5) is 10.2 Å². The van der Waals surface area contributed by atoms with Crippen LogP contribution in [0.3, 0.4) is 0 Å². The maximum Gasteiger partial charge on any atom is 0.225 e. The van der Waals surface area contributed by atoms with Gasteiger partial charge in [0.15, 0.2) is 5.82 Å². The second-order valence-corrected chi connectivity index (χ2v) is 6.85. The Labute approximate surface area is 153 Å². The molecule has 1 aliphatic rings. The van der Waals surface area contributed by atoms with Gasteiger partial charge in [-0.05, 0) is 56.5 Å². The van der Waals surface area contributed by atoms with Crippen LogP contribution in [-0.4, -0.2) is 35.0 Å². The summed E-state index contributed by atoms with van der Waals surface area (Å²) in [5, 5.41) is 3.08. The van der Waals surface area contributed by atoms with Crippen molar-refractivity contribution in [3.05, 3.63) is 42.3 Å². The first-order valence-electron chi connectivity index (χ1n) is 9.21. The third kappa shape index (κ3) is 4.36. The zero-order valence-electron chi connectivity index (χ0n) is 15.3. The summed E-state index contributed by atoms with van der Waals surface area (Å²) in [4.78, 5) is 23.5. The van der Waals surface area contributed by atoms with E-state index in [0.717, 1.165) is 37.2 Å². The Hall–Kier alpha value is -2.50. The number of rotatable bonds is 5. The van der Waals surface area contributed by atoms with Gasteiger partial charge in [-0.3, -0.25) is 4.79 Å². The first-order chi connectivity index (χ1) is 12.6. The first kappa shape index (κ1) is 18.3. The summed E-state index contributed by atoms with van der Waals surface area (Å²) >= 11 is 0. The highest BCUT2D eigenvalue weighted by molar-refractivity contribution is 5.79. The Bertz CT molecular complexity index is 750. The molecule has 138 valence electrons. The highest BCUT2D eigenvalue weighted by Crippen LogP contribution is 2.24. The molecule has 1 aromatic heterocycles. The van der Waals surface area contributed by atoms with E-state index in [1.54, 1.807) is 18.3 Å². The molecule has 6 heteroatoms. The highest BCUT2D eigenvalue weighted by atomic mass is 19.1. The molecule has 1 saturated heterocycles. The van der Waals surface area contributed by atoms with Crippen LogP contribution in [0.25, 0.3) is 11.4 Å². The van der Waals surface area contributed by atoms with Crippen LogP contribution in [0.5, 0.6) is 0 Å². The average Bonchev–Trinajstić information content (AvgIpc) is 2.68. The average molecular weight is 356 g/mol. The monoisotopic (exact) mass is 356 g/mol. The van der Waals surface area contributed by atoms with Crippen molar-refractivity contribution in [2.45, 2.75) is 39.2 Å². The van der Waals surface area contributed by atoms with Crippen molar-refractivity contribution in [3.63, 3.8) is 0 Å². The molecular weight excluding hydrogens is 331 g/mol. The maximum absolute atomic E-state index is 13.1. The number of carbonyl (C=O) groups is 1. The Kier molecular flexibility index (Phi) is 5.81. The van der Waals surface area contributed by atoms with E-state index in [1.807, 2.05) is 13.0 Å². The number of halogens is 1. The number of hydrogen-bond acceptors (Lipinski definition) is 4. The van der Waals surface area contributed by atoms with Crippen LogP contribution >= 0.6 is 0 Å². The lowest BCUT2D eigenvalue weighted by Gasteiger charge is -2.33. The molecule has 2 aromatic rings. The number of aromatic nitrogens is 2. The molecule has 3 rings (SSSR count). The molecule has 1 N–H and O–H groups in total. The van der Waals surface area contributed by atoms with Gasteiger partial charge in [0.05, 0.1) is 5.92 Å². The van der Waals surface area contributed by atoms with Crippen molar-refractivity contribution in [2.75, 3.05) is 18.0 Å². The molecule has 26 heavy (non-hydrogen) atoms. The number of nitrogens with zero attached hydrogens (tertiary/aromatic N) is 3. The van der Waals surface area contributed by atoms with E-state index in [-0.39, 0.29) is 23.7 Å². The Balaban J connectivity index is 1.73. The van der Waals surface area contributed by atoms with Gasteiger partial charge in [0.2, 0.25) is 5.91 Å². The van der Waals surface area contributed by atoms with E-state index >= 15 is 0 Å². The van der Waals surface area contributed by atoms with E-state index in [2.05, 4.69) is 27.1 Å². The van der Waals surface area contributed by atoms with Gasteiger partial charge in [-0.15, -0.1) is 0 Å². The second-order valence-electron chi connectivity index (χ2n) is 6.85. The van der Waals surface area contributed by atoms with E-state index in [9.17, 15) is 9.18 Å². The Morgan fingerprint density at radius 3 is 2.85 bits per heavy atom. The lowest BCUT2D eigenvalue weighted by atomic mass is 9.96. The lowest BCUT2D eigenvalue weighted by Crippen LogP contribution is -2.45. The molecule has 1 amide bonds. The van der Waals surface area contributed by atoms with Crippen molar-refractivity contribution < 1.29 is 9.18 Å². The fourth-order valence-electron chi connectivity index (χ4n) is 3.13. The van der Waals surface area contributed by atoms with E-state index in [0.29, 0.717) is 12.4 Å². The fraction of sp³-hybridized carbons (Fsp3) is 0.450. The summed E-state index contributed by atoms with van der Waals surface area (Å²) in [7, 11) is 0. The Morgan fingerprint density at radius 2 is 2.12 bits per heavy atom. The van der Waals surface area contributed by atoms with Crippen LogP contribution in [0, 0.1) is 11.7 Å². The molecular formula is C20H25FN4O. The topological polar surface area (TPSA) is 58.1 Å². The molecule has 0 spiro atoms. The summed E-state index contributed by atoms with van der Waals surface area (Å²) in [6.45, 7) is 5.61. The van der Waals surface area contributed by atoms with E-state index < -0.39 is 0 Å². The number of amides is 1. The van der Waals surface area contributed by atoms with Crippen molar-refractivity contribution >= 4 is 11.7 Å². The predicted octanol–water partition coefficient (Wildman–Crippen LogP) is 3.41. The molecule has 5 nitrogen and oxygen atoms in total. The standard InChI is InChI=1S/C20H25FN4O/c1-3-14(2)23-20(26)16-5-4-12-25(13-16)18-10-11-22-19(24-18)15-6-8-17(21)9-7-15/h6-11,14,16H,3-5,12-13H2,1-2H3,(H,23,26)/t14-,16-/m1/s1. The fourth-order valence-corrected chi connectivity index (χ4v) is 3.13. The molecule has 1 aromatic carbocycles. The van der Waals surface area contributed by atoms with Crippen LogP contribution in [0.1, 0.15) is 33.1 Å². The minimum atomic E-state index is -0.281. The summed E-state index contributed by atoms with van der Waals surface area (Å²) < 4.78 is 13.1. The summed E-state index contributed by atoms with van der Waals surface area (Å²) in [6.07, 6.45) is 4.49.